The molecule has 0 radical (unpaired) electrons. The Morgan fingerprint density at radius 1 is 1.18 bits per heavy atom. The predicted octanol–water partition coefficient (Wildman–Crippen LogP) is 4.00. The van der Waals surface area contributed by atoms with Crippen LogP contribution in [0.4, 0.5) is 4.39 Å². The van der Waals surface area contributed by atoms with Gasteiger partial charge in [-0.3, -0.25) is 0 Å². The largest absolute Gasteiger partial charge is 0.212 e. The van der Waals surface area contributed by atoms with Gasteiger partial charge in [-0.25, -0.2) is 4.39 Å². The minimum absolute atomic E-state index is 0.102. The van der Waals surface area contributed by atoms with E-state index in [0.717, 1.165) is 18.4 Å². The maximum absolute atomic E-state index is 12.5. The Balaban J connectivity index is 4.52. The van der Waals surface area contributed by atoms with Crippen LogP contribution in [-0.4, -0.2) is 0 Å². The zero-order valence-electron chi connectivity index (χ0n) is 7.87. The molecular formula is C10H17F. The van der Waals surface area contributed by atoms with Gasteiger partial charge in [-0.15, -0.1) is 0 Å². The molecule has 0 heterocycles. The number of allylic oxidation sites excluding steroid dienone is 4. The number of hydrogen-bond acceptors (Lipinski definition) is 0. The quantitative estimate of drug-likeness (QED) is 0.542. The van der Waals surface area contributed by atoms with E-state index < -0.39 is 0 Å². The number of hydrogen-bond donors (Lipinski definition) is 0. The molecule has 1 heteroatoms. The molecular weight excluding hydrogens is 139 g/mol. The summed E-state index contributed by atoms with van der Waals surface area (Å²) in [5, 5.41) is 0. The first-order chi connectivity index (χ1) is 5.11. The Morgan fingerprint density at radius 3 is 2.00 bits per heavy atom. The van der Waals surface area contributed by atoms with Crippen molar-refractivity contribution < 1.29 is 4.39 Å². The van der Waals surface area contributed by atoms with E-state index in [1.807, 2.05) is 6.92 Å². The van der Waals surface area contributed by atoms with E-state index in [1.54, 1.807) is 6.08 Å². The highest BCUT2D eigenvalue weighted by Crippen LogP contribution is 2.15. The van der Waals surface area contributed by atoms with Gasteiger partial charge in [0.05, 0.1) is 5.83 Å². The maximum Gasteiger partial charge on any atom is 0.0971 e. The molecule has 0 aromatic rings. The molecule has 0 unspecified atom stereocenters. The first kappa shape index (κ1) is 10.4. The summed E-state index contributed by atoms with van der Waals surface area (Å²) < 4.78 is 12.5. The fourth-order valence-corrected chi connectivity index (χ4v) is 0.994. The minimum atomic E-state index is -0.102. The summed E-state index contributed by atoms with van der Waals surface area (Å²) in [4.78, 5) is 0. The van der Waals surface area contributed by atoms with Crippen LogP contribution >= 0.6 is 0 Å². The van der Waals surface area contributed by atoms with Gasteiger partial charge < -0.3 is 0 Å². The average Bonchev–Trinajstić information content (AvgIpc) is 1.98. The Bertz CT molecular complexity index is 171. The van der Waals surface area contributed by atoms with Crippen molar-refractivity contribution in [3.63, 3.8) is 0 Å². The molecule has 64 valence electrons. The molecule has 0 aliphatic heterocycles. The topological polar surface area (TPSA) is 0 Å². The van der Waals surface area contributed by atoms with Gasteiger partial charge in [0.15, 0.2) is 0 Å². The lowest BCUT2D eigenvalue weighted by atomic mass is 10.0. The van der Waals surface area contributed by atoms with Crippen LogP contribution in [0.15, 0.2) is 23.0 Å². The van der Waals surface area contributed by atoms with Crippen molar-refractivity contribution in [3.8, 4) is 0 Å². The fourth-order valence-electron chi connectivity index (χ4n) is 0.994. The molecule has 0 nitrogen and oxygen atoms in total. The lowest BCUT2D eigenvalue weighted by Gasteiger charge is -2.02. The molecule has 11 heavy (non-hydrogen) atoms. The van der Waals surface area contributed by atoms with Gasteiger partial charge >= 0.3 is 0 Å². The molecule has 0 atom stereocenters. The van der Waals surface area contributed by atoms with Crippen molar-refractivity contribution in [2.24, 2.45) is 0 Å². The molecule has 0 aliphatic rings. The standard InChI is InChI=1S/C10H17F/c1-5-8(3)10(6-2)7-9(4)11/h7H,5-6H2,1-4H3/b9-7+,10-8+. The highest BCUT2D eigenvalue weighted by molar-refractivity contribution is 5.25. The van der Waals surface area contributed by atoms with E-state index in [-0.39, 0.29) is 5.83 Å². The second-order valence-electron chi connectivity index (χ2n) is 2.74. The highest BCUT2D eigenvalue weighted by atomic mass is 19.1. The number of rotatable bonds is 3. The smallest absolute Gasteiger partial charge is 0.0971 e. The Kier molecular flexibility index (Phi) is 4.84. The Morgan fingerprint density at radius 2 is 1.73 bits per heavy atom. The molecule has 0 aliphatic carbocycles. The molecule has 0 aromatic carbocycles. The van der Waals surface area contributed by atoms with Gasteiger partial charge in [-0.05, 0) is 38.3 Å². The first-order valence-corrected chi connectivity index (χ1v) is 4.14. The van der Waals surface area contributed by atoms with Crippen molar-refractivity contribution in [2.45, 2.75) is 40.5 Å². The number of halogens is 1. The van der Waals surface area contributed by atoms with E-state index >= 15 is 0 Å². The van der Waals surface area contributed by atoms with Crippen molar-refractivity contribution in [2.75, 3.05) is 0 Å². The summed E-state index contributed by atoms with van der Waals surface area (Å²) in [5.41, 5.74) is 2.41. The average molecular weight is 156 g/mol. The molecule has 0 saturated carbocycles. The minimum Gasteiger partial charge on any atom is -0.212 e. The molecule has 0 fully saturated rings. The lowest BCUT2D eigenvalue weighted by molar-refractivity contribution is 0.638. The molecule has 0 aromatic heterocycles. The van der Waals surface area contributed by atoms with Crippen LogP contribution in [0, 0.1) is 0 Å². The van der Waals surface area contributed by atoms with E-state index in [1.165, 1.54) is 12.5 Å². The predicted molar refractivity (Wildman–Crippen MR) is 48.1 cm³/mol. The summed E-state index contributed by atoms with van der Waals surface area (Å²) in [6.07, 6.45) is 3.55. The SMILES string of the molecule is CC/C(C)=C(/C=C(\C)F)CC. The zero-order chi connectivity index (χ0) is 8.85. The van der Waals surface area contributed by atoms with E-state index in [9.17, 15) is 4.39 Å². The van der Waals surface area contributed by atoms with E-state index in [4.69, 9.17) is 0 Å². The van der Waals surface area contributed by atoms with Gasteiger partial charge in [0.1, 0.15) is 0 Å². The van der Waals surface area contributed by atoms with Crippen LogP contribution in [0.1, 0.15) is 40.5 Å². The summed E-state index contributed by atoms with van der Waals surface area (Å²) >= 11 is 0. The van der Waals surface area contributed by atoms with Crippen molar-refractivity contribution in [1.82, 2.24) is 0 Å². The third kappa shape index (κ3) is 3.97. The Labute approximate surface area is 68.8 Å². The normalized spacial score (nSPS) is 14.8. The molecule has 0 rings (SSSR count). The molecule has 0 amide bonds. The van der Waals surface area contributed by atoms with E-state index in [2.05, 4.69) is 13.8 Å². The van der Waals surface area contributed by atoms with Crippen LogP contribution in [0.3, 0.4) is 0 Å². The summed E-state index contributed by atoms with van der Waals surface area (Å²) in [6.45, 7) is 7.68. The first-order valence-electron chi connectivity index (χ1n) is 4.14. The molecule has 0 N–H and O–H groups in total. The molecule has 0 spiro atoms. The van der Waals surface area contributed by atoms with Crippen molar-refractivity contribution in [1.29, 1.82) is 0 Å². The van der Waals surface area contributed by atoms with Gasteiger partial charge in [0, 0.05) is 0 Å². The van der Waals surface area contributed by atoms with Crippen LogP contribution in [0.2, 0.25) is 0 Å². The van der Waals surface area contributed by atoms with Gasteiger partial charge in [-0.2, -0.15) is 0 Å². The Hall–Kier alpha value is -0.590. The van der Waals surface area contributed by atoms with Crippen LogP contribution < -0.4 is 0 Å². The highest BCUT2D eigenvalue weighted by Gasteiger charge is 1.95. The third-order valence-corrected chi connectivity index (χ3v) is 1.83. The molecule has 0 saturated heterocycles. The second kappa shape index (κ2) is 5.11. The lowest BCUT2D eigenvalue weighted by Crippen LogP contribution is -1.83. The third-order valence-electron chi connectivity index (χ3n) is 1.83. The summed E-state index contributed by atoms with van der Waals surface area (Å²) in [7, 11) is 0. The monoisotopic (exact) mass is 156 g/mol. The van der Waals surface area contributed by atoms with Crippen LogP contribution in [0.25, 0.3) is 0 Å². The summed E-state index contributed by atoms with van der Waals surface area (Å²) in [6, 6.07) is 0. The van der Waals surface area contributed by atoms with Gasteiger partial charge in [0.2, 0.25) is 0 Å². The van der Waals surface area contributed by atoms with Gasteiger partial charge in [0.25, 0.3) is 0 Å². The fraction of sp³-hybridized carbons (Fsp3) is 0.600. The van der Waals surface area contributed by atoms with Crippen molar-refractivity contribution in [3.05, 3.63) is 23.0 Å². The van der Waals surface area contributed by atoms with Crippen molar-refractivity contribution >= 4 is 0 Å². The second-order valence-corrected chi connectivity index (χ2v) is 2.74. The van der Waals surface area contributed by atoms with Crippen LogP contribution in [-0.2, 0) is 0 Å². The van der Waals surface area contributed by atoms with E-state index in [0.29, 0.717) is 0 Å². The maximum atomic E-state index is 12.5. The van der Waals surface area contributed by atoms with Gasteiger partial charge in [-0.1, -0.05) is 19.4 Å². The summed E-state index contributed by atoms with van der Waals surface area (Å²) in [5.74, 6) is -0.102. The molecule has 0 bridgehead atoms. The zero-order valence-corrected chi connectivity index (χ0v) is 7.87. The van der Waals surface area contributed by atoms with Crippen LogP contribution in [0.5, 0.6) is 0 Å².